The fourth-order valence-corrected chi connectivity index (χ4v) is 2.79. The Morgan fingerprint density at radius 2 is 2.17 bits per heavy atom. The molecular formula is C16H15FN6O. The summed E-state index contributed by atoms with van der Waals surface area (Å²) in [6.45, 7) is 0.834. The Morgan fingerprint density at radius 1 is 1.29 bits per heavy atom. The summed E-state index contributed by atoms with van der Waals surface area (Å²) in [6, 6.07) is 8.02. The lowest BCUT2D eigenvalue weighted by atomic mass is 10.1. The molecule has 0 saturated heterocycles. The van der Waals surface area contributed by atoms with Crippen LogP contribution in [0.1, 0.15) is 29.0 Å². The molecule has 122 valence electrons. The lowest BCUT2D eigenvalue weighted by Gasteiger charge is -2.11. The van der Waals surface area contributed by atoms with E-state index in [1.54, 1.807) is 24.3 Å². The first kappa shape index (κ1) is 14.6. The van der Waals surface area contributed by atoms with Crippen LogP contribution >= 0.6 is 0 Å². The second kappa shape index (κ2) is 5.88. The van der Waals surface area contributed by atoms with Crippen molar-refractivity contribution in [3.05, 3.63) is 47.5 Å². The van der Waals surface area contributed by atoms with Gasteiger partial charge >= 0.3 is 0 Å². The van der Waals surface area contributed by atoms with E-state index in [4.69, 9.17) is 0 Å². The molecule has 1 aromatic carbocycles. The van der Waals surface area contributed by atoms with E-state index in [-0.39, 0.29) is 17.7 Å². The molecule has 2 aromatic heterocycles. The first-order valence-electron chi connectivity index (χ1n) is 7.76. The molecule has 3 aromatic rings. The third kappa shape index (κ3) is 2.66. The number of halogens is 1. The zero-order chi connectivity index (χ0) is 16.5. The fraction of sp³-hybridized carbons (Fsp3) is 0.250. The van der Waals surface area contributed by atoms with Gasteiger partial charge in [-0.1, -0.05) is 12.1 Å². The Morgan fingerprint density at radius 3 is 3.00 bits per heavy atom. The summed E-state index contributed by atoms with van der Waals surface area (Å²) in [4.78, 5) is 16.4. The van der Waals surface area contributed by atoms with E-state index in [2.05, 4.69) is 25.6 Å². The van der Waals surface area contributed by atoms with E-state index < -0.39 is 5.82 Å². The number of fused-ring (bicyclic) bond motifs is 1. The topological polar surface area (TPSA) is 88.5 Å². The van der Waals surface area contributed by atoms with Crippen molar-refractivity contribution in [3.63, 3.8) is 0 Å². The highest BCUT2D eigenvalue weighted by molar-refractivity contribution is 6.02. The van der Waals surface area contributed by atoms with Crippen LogP contribution in [0, 0.1) is 5.82 Å². The van der Waals surface area contributed by atoms with Gasteiger partial charge in [-0.25, -0.2) is 4.39 Å². The van der Waals surface area contributed by atoms with Crippen LogP contribution in [0.15, 0.2) is 30.3 Å². The number of carbonyl (C=O) groups is 1. The number of anilines is 1. The number of carbonyl (C=O) groups excluding carboxylic acids is 1. The monoisotopic (exact) mass is 326 g/mol. The van der Waals surface area contributed by atoms with Gasteiger partial charge in [-0.15, -0.1) is 5.10 Å². The predicted octanol–water partition coefficient (Wildman–Crippen LogP) is 2.40. The van der Waals surface area contributed by atoms with E-state index in [0.29, 0.717) is 11.3 Å². The molecule has 0 aliphatic carbocycles. The summed E-state index contributed by atoms with van der Waals surface area (Å²) >= 11 is 0. The molecule has 0 unspecified atom stereocenters. The van der Waals surface area contributed by atoms with E-state index in [0.717, 1.165) is 31.5 Å². The number of nitrogens with one attached hydrogen (secondary N) is 2. The van der Waals surface area contributed by atoms with Crippen molar-refractivity contribution >= 4 is 11.9 Å². The Balaban J connectivity index is 1.52. The maximum atomic E-state index is 13.8. The second-order valence-electron chi connectivity index (χ2n) is 5.64. The van der Waals surface area contributed by atoms with Crippen LogP contribution in [-0.4, -0.2) is 30.9 Å². The number of aromatic nitrogens is 5. The van der Waals surface area contributed by atoms with Crippen molar-refractivity contribution in [1.29, 1.82) is 0 Å². The summed E-state index contributed by atoms with van der Waals surface area (Å²) in [5.41, 5.74) is 1.69. The second-order valence-corrected chi connectivity index (χ2v) is 5.64. The van der Waals surface area contributed by atoms with Gasteiger partial charge in [0.15, 0.2) is 11.5 Å². The zero-order valence-corrected chi connectivity index (χ0v) is 12.8. The van der Waals surface area contributed by atoms with Crippen LogP contribution in [0.3, 0.4) is 0 Å². The average Bonchev–Trinajstić information content (AvgIpc) is 3.22. The fourth-order valence-electron chi connectivity index (χ4n) is 2.79. The Labute approximate surface area is 136 Å². The minimum Gasteiger partial charge on any atom is -0.288 e. The number of aryl methyl sites for hydroxylation is 2. The maximum absolute atomic E-state index is 13.8. The van der Waals surface area contributed by atoms with Gasteiger partial charge in [-0.2, -0.15) is 10.1 Å². The normalized spacial score (nSPS) is 13.5. The van der Waals surface area contributed by atoms with Gasteiger partial charge in [0.05, 0.1) is 5.56 Å². The highest BCUT2D eigenvalue weighted by atomic mass is 19.1. The molecule has 0 fully saturated rings. The maximum Gasteiger partial charge on any atom is 0.278 e. The highest BCUT2D eigenvalue weighted by Crippen LogP contribution is 2.20. The third-order valence-electron chi connectivity index (χ3n) is 3.99. The van der Waals surface area contributed by atoms with Crippen molar-refractivity contribution in [2.45, 2.75) is 25.8 Å². The number of amides is 1. The first-order valence-corrected chi connectivity index (χ1v) is 7.76. The van der Waals surface area contributed by atoms with Crippen molar-refractivity contribution < 1.29 is 9.18 Å². The van der Waals surface area contributed by atoms with Gasteiger partial charge in [0.2, 0.25) is 5.95 Å². The Bertz CT molecular complexity index is 876. The molecule has 7 nitrogen and oxygen atoms in total. The van der Waals surface area contributed by atoms with Gasteiger partial charge in [0, 0.05) is 12.2 Å². The number of rotatable bonds is 3. The molecule has 4 rings (SSSR count). The van der Waals surface area contributed by atoms with Crippen LogP contribution < -0.4 is 5.32 Å². The summed E-state index contributed by atoms with van der Waals surface area (Å²) in [5.74, 6) is -0.443. The SMILES string of the molecule is O=C(Nc1n[nH]c(-c2ccccc2F)n1)c1cc2n(n1)CCCC2. The number of aromatic amines is 1. The molecule has 1 aliphatic rings. The number of nitrogens with zero attached hydrogens (tertiary/aromatic N) is 4. The lowest BCUT2D eigenvalue weighted by Crippen LogP contribution is -2.15. The molecular weight excluding hydrogens is 311 g/mol. The molecule has 0 saturated carbocycles. The molecule has 2 N–H and O–H groups in total. The van der Waals surface area contributed by atoms with Gasteiger partial charge in [0.25, 0.3) is 5.91 Å². The average molecular weight is 326 g/mol. The van der Waals surface area contributed by atoms with Crippen LogP contribution in [0.4, 0.5) is 10.3 Å². The zero-order valence-electron chi connectivity index (χ0n) is 12.8. The van der Waals surface area contributed by atoms with Crippen LogP contribution in [0.2, 0.25) is 0 Å². The first-order chi connectivity index (χ1) is 11.7. The number of hydrogen-bond donors (Lipinski definition) is 2. The summed E-state index contributed by atoms with van der Waals surface area (Å²) in [5, 5.41) is 13.4. The van der Waals surface area contributed by atoms with Crippen molar-refractivity contribution in [3.8, 4) is 11.4 Å². The quantitative estimate of drug-likeness (QED) is 0.773. The van der Waals surface area contributed by atoms with Gasteiger partial charge in [-0.05, 0) is 37.5 Å². The van der Waals surface area contributed by atoms with E-state index in [1.165, 1.54) is 6.07 Å². The molecule has 0 radical (unpaired) electrons. The molecule has 8 heteroatoms. The van der Waals surface area contributed by atoms with Crippen molar-refractivity contribution in [2.75, 3.05) is 5.32 Å². The highest BCUT2D eigenvalue weighted by Gasteiger charge is 2.18. The number of H-pyrrole nitrogens is 1. The van der Waals surface area contributed by atoms with Crippen LogP contribution in [0.25, 0.3) is 11.4 Å². The predicted molar refractivity (Wildman–Crippen MR) is 84.9 cm³/mol. The minimum absolute atomic E-state index is 0.0872. The molecule has 1 amide bonds. The van der Waals surface area contributed by atoms with E-state index in [9.17, 15) is 9.18 Å². The summed E-state index contributed by atoms with van der Waals surface area (Å²) in [7, 11) is 0. The molecule has 24 heavy (non-hydrogen) atoms. The number of benzene rings is 1. The molecule has 1 aliphatic heterocycles. The third-order valence-corrected chi connectivity index (χ3v) is 3.99. The smallest absolute Gasteiger partial charge is 0.278 e. The summed E-state index contributed by atoms with van der Waals surface area (Å²) in [6.07, 6.45) is 3.11. The Hall–Kier alpha value is -3.03. The molecule has 3 heterocycles. The minimum atomic E-state index is -0.409. The van der Waals surface area contributed by atoms with Crippen molar-refractivity contribution in [2.24, 2.45) is 0 Å². The molecule has 0 spiro atoms. The number of hydrogen-bond acceptors (Lipinski definition) is 4. The molecule has 0 atom stereocenters. The summed E-state index contributed by atoms with van der Waals surface area (Å²) < 4.78 is 15.6. The van der Waals surface area contributed by atoms with Crippen molar-refractivity contribution in [1.82, 2.24) is 25.0 Å². The lowest BCUT2D eigenvalue weighted by molar-refractivity contribution is 0.102. The largest absolute Gasteiger partial charge is 0.288 e. The van der Waals surface area contributed by atoms with Crippen LogP contribution in [0.5, 0.6) is 0 Å². The van der Waals surface area contributed by atoms with Gasteiger partial charge in [-0.3, -0.25) is 19.9 Å². The van der Waals surface area contributed by atoms with Crippen LogP contribution in [-0.2, 0) is 13.0 Å². The van der Waals surface area contributed by atoms with Gasteiger partial charge in [0.1, 0.15) is 5.82 Å². The van der Waals surface area contributed by atoms with E-state index >= 15 is 0 Å². The van der Waals surface area contributed by atoms with E-state index in [1.807, 2.05) is 4.68 Å². The van der Waals surface area contributed by atoms with Gasteiger partial charge < -0.3 is 0 Å². The standard InChI is InChI=1S/C16H15FN6O/c17-12-7-2-1-6-11(12)14-18-16(21-20-14)19-15(24)13-9-10-5-3-4-8-23(10)22-13/h1-2,6-7,9H,3-5,8H2,(H2,18,19,20,21,24). The Kier molecular flexibility index (Phi) is 3.56. The molecule has 0 bridgehead atoms.